The molecule has 34 heavy (non-hydrogen) atoms. The lowest BCUT2D eigenvalue weighted by atomic mass is 9.70. The van der Waals surface area contributed by atoms with E-state index in [2.05, 4.69) is 25.4 Å². The Kier molecular flexibility index (Phi) is 6.11. The molecule has 3 aliphatic rings. The topological polar surface area (TPSA) is 104 Å². The fraction of sp³-hybridized carbons (Fsp3) is 0.583. The largest absolute Gasteiger partial charge is 0.434 e. The molecule has 2 aromatic rings. The summed E-state index contributed by atoms with van der Waals surface area (Å²) in [6, 6.07) is 4.84. The average Bonchev–Trinajstić information content (AvgIpc) is 3.14. The maximum atomic E-state index is 14.1. The molecule has 0 saturated carbocycles. The Morgan fingerprint density at radius 1 is 1.32 bits per heavy atom. The molecular weight excluding hydrogens is 439 g/mol. The zero-order valence-electron chi connectivity index (χ0n) is 19.6. The molecule has 3 aliphatic heterocycles. The van der Waals surface area contributed by atoms with Crippen LogP contribution in [0.15, 0.2) is 24.5 Å². The molecule has 10 heteroatoms. The Balaban J connectivity index is 1.38. The number of hydrogen-bond acceptors (Lipinski definition) is 8. The summed E-state index contributed by atoms with van der Waals surface area (Å²) in [4.78, 5) is 21.2. The van der Waals surface area contributed by atoms with Gasteiger partial charge >= 0.3 is 0 Å². The number of aromatic nitrogens is 3. The molecule has 0 radical (unpaired) electrons. The third-order valence-electron chi connectivity index (χ3n) is 7.22. The quantitative estimate of drug-likeness (QED) is 0.636. The van der Waals surface area contributed by atoms with E-state index < -0.39 is 11.7 Å². The predicted octanol–water partition coefficient (Wildman–Crippen LogP) is 2.37. The molecule has 182 valence electrons. The maximum absolute atomic E-state index is 14.1. The second kappa shape index (κ2) is 9.07. The summed E-state index contributed by atoms with van der Waals surface area (Å²) in [6.45, 7) is 5.38. The molecule has 2 unspecified atom stereocenters. The van der Waals surface area contributed by atoms with Crippen LogP contribution in [0.25, 0.3) is 0 Å². The number of halogens is 1. The van der Waals surface area contributed by atoms with Gasteiger partial charge in [-0.15, -0.1) is 10.2 Å². The van der Waals surface area contributed by atoms with E-state index in [1.54, 1.807) is 0 Å². The molecule has 2 bridgehead atoms. The molecule has 1 amide bonds. The van der Waals surface area contributed by atoms with E-state index in [1.807, 2.05) is 13.8 Å². The summed E-state index contributed by atoms with van der Waals surface area (Å²) in [5, 5.41) is 21.1. The smallest absolute Gasteiger partial charge is 0.282 e. The number of anilines is 1. The second-order valence-electron chi connectivity index (χ2n) is 10.0. The van der Waals surface area contributed by atoms with Crippen molar-refractivity contribution in [2.45, 2.75) is 57.7 Å². The van der Waals surface area contributed by atoms with Crippen LogP contribution in [0.4, 0.5) is 10.2 Å². The van der Waals surface area contributed by atoms with Crippen LogP contribution in [0.3, 0.4) is 0 Å². The fourth-order valence-corrected chi connectivity index (χ4v) is 5.79. The Hall–Kier alpha value is -2.85. The van der Waals surface area contributed by atoms with Crippen LogP contribution >= 0.6 is 0 Å². The van der Waals surface area contributed by atoms with Crippen molar-refractivity contribution in [2.24, 2.45) is 5.41 Å². The molecule has 5 rings (SSSR count). The van der Waals surface area contributed by atoms with E-state index in [0.717, 1.165) is 19.2 Å². The van der Waals surface area contributed by atoms with Crippen molar-refractivity contribution in [3.63, 3.8) is 0 Å². The van der Waals surface area contributed by atoms with Crippen LogP contribution in [0.1, 0.15) is 49.9 Å². The number of hydrogen-bond donors (Lipinski definition) is 2. The number of fused-ring (bicyclic) bond motifs is 2. The molecule has 1 aromatic heterocycles. The molecule has 9 nitrogen and oxygen atoms in total. The third kappa shape index (κ3) is 4.32. The molecule has 1 aromatic carbocycles. The first-order chi connectivity index (χ1) is 16.4. The van der Waals surface area contributed by atoms with Gasteiger partial charge in [-0.3, -0.25) is 4.79 Å². The Bertz CT molecular complexity index is 1050. The number of aliphatic hydroxyl groups is 1. The van der Waals surface area contributed by atoms with Crippen LogP contribution in [-0.2, 0) is 0 Å². The molecule has 0 aliphatic carbocycles. The van der Waals surface area contributed by atoms with E-state index in [4.69, 9.17) is 4.74 Å². The highest BCUT2D eigenvalue weighted by Crippen LogP contribution is 2.48. The molecule has 4 heterocycles. The van der Waals surface area contributed by atoms with Crippen LogP contribution < -0.4 is 15.0 Å². The van der Waals surface area contributed by atoms with Crippen LogP contribution in [-0.4, -0.2) is 75.5 Å². The molecule has 2 atom stereocenters. The number of aliphatic hydroxyl groups excluding tert-OH is 1. The predicted molar refractivity (Wildman–Crippen MR) is 123 cm³/mol. The summed E-state index contributed by atoms with van der Waals surface area (Å²) in [5.41, 5.74) is 0.354. The van der Waals surface area contributed by atoms with Crippen molar-refractivity contribution >= 4 is 11.7 Å². The number of amides is 1. The van der Waals surface area contributed by atoms with Crippen molar-refractivity contribution < 1.29 is 19.0 Å². The van der Waals surface area contributed by atoms with Gasteiger partial charge in [-0.2, -0.15) is 0 Å². The monoisotopic (exact) mass is 470 g/mol. The third-order valence-corrected chi connectivity index (χ3v) is 7.22. The Morgan fingerprint density at radius 2 is 2.06 bits per heavy atom. The number of nitrogens with one attached hydrogen (secondary N) is 1. The average molecular weight is 471 g/mol. The van der Waals surface area contributed by atoms with Crippen LogP contribution in [0.2, 0.25) is 0 Å². The van der Waals surface area contributed by atoms with Crippen molar-refractivity contribution in [1.29, 1.82) is 0 Å². The minimum atomic E-state index is -0.550. The van der Waals surface area contributed by atoms with E-state index >= 15 is 0 Å². The Morgan fingerprint density at radius 3 is 2.74 bits per heavy atom. The number of carbonyl (C=O) groups excluding carboxylic acids is 1. The summed E-state index contributed by atoms with van der Waals surface area (Å²) in [6.07, 6.45) is 6.22. The lowest BCUT2D eigenvalue weighted by Crippen LogP contribution is -2.62. The summed E-state index contributed by atoms with van der Waals surface area (Å²) in [7, 11) is 0. The summed E-state index contributed by atoms with van der Waals surface area (Å²) >= 11 is 0. The summed E-state index contributed by atoms with van der Waals surface area (Å²) in [5.74, 6) is -0.0386. The maximum Gasteiger partial charge on any atom is 0.282 e. The number of ether oxygens (including phenoxy) is 1. The highest BCUT2D eigenvalue weighted by Gasteiger charge is 2.51. The number of piperidine rings is 1. The summed E-state index contributed by atoms with van der Waals surface area (Å²) < 4.78 is 20.2. The molecular formula is C24H31FN6O3. The van der Waals surface area contributed by atoms with Gasteiger partial charge in [0.05, 0.1) is 12.2 Å². The molecule has 3 saturated heterocycles. The van der Waals surface area contributed by atoms with Crippen LogP contribution in [0, 0.1) is 11.2 Å². The lowest BCUT2D eigenvalue weighted by molar-refractivity contribution is 0.0662. The zero-order chi connectivity index (χ0) is 23.9. The molecule has 2 N–H and O–H groups in total. The fourth-order valence-electron chi connectivity index (χ4n) is 5.79. The first kappa shape index (κ1) is 22.9. The normalized spacial score (nSPS) is 22.7. The number of benzene rings is 1. The Labute approximate surface area is 198 Å². The van der Waals surface area contributed by atoms with Crippen molar-refractivity contribution in [1.82, 2.24) is 25.4 Å². The first-order valence-corrected chi connectivity index (χ1v) is 12.0. The zero-order valence-corrected chi connectivity index (χ0v) is 19.6. The van der Waals surface area contributed by atoms with E-state index in [9.17, 15) is 14.3 Å². The number of nitrogens with zero attached hydrogens (tertiary/aromatic N) is 5. The standard InChI is InChI=1S/C24H31FN6O3/c1-15(2)31(7-8-32)23(33)19-9-16(25)3-6-20(19)34-22-21(26-14-27-29-22)30-12-24(13-30)10-17-4-5-18(11-24)28-17/h3,6,9,14-15,17-18,28,32H,4-5,7-8,10-13H2,1-2H3. The molecule has 3 fully saturated rings. The van der Waals surface area contributed by atoms with Gasteiger partial charge in [0.15, 0.2) is 5.82 Å². The van der Waals surface area contributed by atoms with Gasteiger partial charge in [-0.05, 0) is 57.7 Å². The van der Waals surface area contributed by atoms with E-state index in [-0.39, 0.29) is 36.4 Å². The number of rotatable bonds is 7. The van der Waals surface area contributed by atoms with Gasteiger partial charge < -0.3 is 25.0 Å². The van der Waals surface area contributed by atoms with E-state index in [1.165, 1.54) is 49.0 Å². The van der Waals surface area contributed by atoms with Gasteiger partial charge in [0.2, 0.25) is 0 Å². The van der Waals surface area contributed by atoms with Gasteiger partial charge in [0, 0.05) is 43.2 Å². The van der Waals surface area contributed by atoms with Gasteiger partial charge in [-0.25, -0.2) is 9.37 Å². The van der Waals surface area contributed by atoms with Gasteiger partial charge in [0.1, 0.15) is 17.9 Å². The van der Waals surface area contributed by atoms with Crippen molar-refractivity contribution in [2.75, 3.05) is 31.1 Å². The van der Waals surface area contributed by atoms with Gasteiger partial charge in [0.25, 0.3) is 11.8 Å². The molecule has 1 spiro atoms. The van der Waals surface area contributed by atoms with Gasteiger partial charge in [-0.1, -0.05) is 0 Å². The highest BCUT2D eigenvalue weighted by molar-refractivity contribution is 5.97. The SMILES string of the molecule is CC(C)N(CCO)C(=O)c1cc(F)ccc1Oc1nncnc1N1CC2(CC3CCC(C2)N3)C1. The van der Waals surface area contributed by atoms with Crippen LogP contribution in [0.5, 0.6) is 11.6 Å². The van der Waals surface area contributed by atoms with E-state index in [0.29, 0.717) is 23.3 Å². The minimum Gasteiger partial charge on any atom is -0.434 e. The first-order valence-electron chi connectivity index (χ1n) is 12.0. The lowest BCUT2D eigenvalue weighted by Gasteiger charge is -2.54. The van der Waals surface area contributed by atoms with Crippen molar-refractivity contribution in [3.05, 3.63) is 35.9 Å². The van der Waals surface area contributed by atoms with Crippen molar-refractivity contribution in [3.8, 4) is 11.6 Å². The number of carbonyl (C=O) groups is 1. The second-order valence-corrected chi connectivity index (χ2v) is 10.0. The minimum absolute atomic E-state index is 0.0637. The highest BCUT2D eigenvalue weighted by atomic mass is 19.1.